The second kappa shape index (κ2) is 8.16. The van der Waals surface area contributed by atoms with Crippen LogP contribution < -0.4 is 4.90 Å². The number of benzene rings is 1. The zero-order chi connectivity index (χ0) is 18.6. The summed E-state index contributed by atoms with van der Waals surface area (Å²) in [5.74, 6) is 0.0311. The number of ether oxygens (including phenoxy) is 1. The summed E-state index contributed by atoms with van der Waals surface area (Å²) >= 11 is 1.53. The van der Waals surface area contributed by atoms with Gasteiger partial charge in [-0.15, -0.1) is 0 Å². The van der Waals surface area contributed by atoms with E-state index in [0.29, 0.717) is 11.7 Å². The maximum absolute atomic E-state index is 13.0. The van der Waals surface area contributed by atoms with Crippen molar-refractivity contribution in [2.45, 2.75) is 13.3 Å². The Bertz CT molecular complexity index is 903. The minimum atomic E-state index is -0.203. The Labute approximate surface area is 161 Å². The predicted octanol–water partition coefficient (Wildman–Crippen LogP) is 2.96. The summed E-state index contributed by atoms with van der Waals surface area (Å²) in [5.41, 5.74) is 2.05. The summed E-state index contributed by atoms with van der Waals surface area (Å²) in [5, 5.41) is 4.37. The van der Waals surface area contributed by atoms with Crippen molar-refractivity contribution in [3.05, 3.63) is 41.8 Å². The van der Waals surface area contributed by atoms with Crippen LogP contribution in [0.1, 0.15) is 22.5 Å². The molecule has 0 atom stereocenters. The summed E-state index contributed by atoms with van der Waals surface area (Å²) in [6, 6.07) is 7.68. The van der Waals surface area contributed by atoms with E-state index < -0.39 is 0 Å². The van der Waals surface area contributed by atoms with Crippen molar-refractivity contribution in [3.63, 3.8) is 0 Å². The van der Waals surface area contributed by atoms with Gasteiger partial charge < -0.3 is 9.26 Å². The fraction of sp³-hybridized carbons (Fsp3) is 0.421. The number of fused-ring (bicyclic) bond motifs is 1. The lowest BCUT2D eigenvalue weighted by Crippen LogP contribution is -2.39. The fourth-order valence-electron chi connectivity index (χ4n) is 3.21. The van der Waals surface area contributed by atoms with E-state index in [1.807, 2.05) is 25.1 Å². The topological polar surface area (TPSA) is 71.7 Å². The summed E-state index contributed by atoms with van der Waals surface area (Å²) in [7, 11) is 0. The molecule has 27 heavy (non-hydrogen) atoms. The minimum Gasteiger partial charge on any atom is -0.379 e. The average Bonchev–Trinajstić information content (AvgIpc) is 3.36. The molecule has 8 heteroatoms. The molecule has 0 N–H and O–H groups in total. The van der Waals surface area contributed by atoms with Crippen molar-refractivity contribution in [2.75, 3.05) is 44.3 Å². The van der Waals surface area contributed by atoms with Crippen LogP contribution in [-0.4, -0.2) is 60.3 Å². The number of carbonyl (C=O) groups excluding carboxylic acids is 1. The van der Waals surface area contributed by atoms with Crippen molar-refractivity contribution < 1.29 is 14.1 Å². The third kappa shape index (κ3) is 4.02. The van der Waals surface area contributed by atoms with Gasteiger partial charge in [0.15, 0.2) is 5.13 Å². The number of hydrogen-bond acceptors (Lipinski definition) is 7. The number of morpholine rings is 1. The molecule has 3 aromatic rings. The van der Waals surface area contributed by atoms with Gasteiger partial charge in [-0.25, -0.2) is 4.98 Å². The van der Waals surface area contributed by atoms with Crippen LogP contribution in [0.15, 0.2) is 35.0 Å². The second-order valence-electron chi connectivity index (χ2n) is 6.56. The first-order valence-electron chi connectivity index (χ1n) is 9.11. The number of aromatic nitrogens is 2. The maximum atomic E-state index is 13.0. The van der Waals surface area contributed by atoms with E-state index in [1.54, 1.807) is 11.0 Å². The Hall–Kier alpha value is -2.29. The van der Waals surface area contributed by atoms with Crippen LogP contribution in [0.25, 0.3) is 10.2 Å². The second-order valence-corrected chi connectivity index (χ2v) is 7.57. The molecule has 0 radical (unpaired) electrons. The van der Waals surface area contributed by atoms with Gasteiger partial charge in [0.25, 0.3) is 5.91 Å². The molecule has 7 nitrogen and oxygen atoms in total. The Morgan fingerprint density at radius 1 is 1.30 bits per heavy atom. The molecule has 0 spiro atoms. The molecular formula is C19H22N4O3S. The van der Waals surface area contributed by atoms with Crippen molar-refractivity contribution in [3.8, 4) is 0 Å². The smallest absolute Gasteiger partial charge is 0.298 e. The number of para-hydroxylation sites is 1. The molecule has 1 amide bonds. The van der Waals surface area contributed by atoms with Gasteiger partial charge in [0.2, 0.25) is 5.76 Å². The molecule has 1 fully saturated rings. The first-order valence-corrected chi connectivity index (χ1v) is 9.93. The van der Waals surface area contributed by atoms with Gasteiger partial charge in [-0.2, -0.15) is 0 Å². The molecule has 1 saturated heterocycles. The lowest BCUT2D eigenvalue weighted by molar-refractivity contribution is 0.0376. The fourth-order valence-corrected chi connectivity index (χ4v) is 4.28. The van der Waals surface area contributed by atoms with E-state index in [0.717, 1.165) is 55.0 Å². The van der Waals surface area contributed by atoms with Crippen LogP contribution in [0.4, 0.5) is 5.13 Å². The molecule has 2 aromatic heterocycles. The van der Waals surface area contributed by atoms with Gasteiger partial charge in [0.05, 0.1) is 29.6 Å². The Kier molecular flexibility index (Phi) is 5.47. The lowest BCUT2D eigenvalue weighted by atomic mass is 10.2. The highest BCUT2D eigenvalue weighted by atomic mass is 32.1. The van der Waals surface area contributed by atoms with E-state index in [-0.39, 0.29) is 11.7 Å². The SMILES string of the molecule is Cc1cccc2sc(N(CCCN3CCOCC3)C(=O)c3ccno3)nc12. The normalized spacial score (nSPS) is 15.3. The quantitative estimate of drug-likeness (QED) is 0.649. The van der Waals surface area contributed by atoms with Crippen molar-refractivity contribution in [1.82, 2.24) is 15.0 Å². The molecule has 1 aromatic carbocycles. The van der Waals surface area contributed by atoms with Crippen molar-refractivity contribution >= 4 is 32.6 Å². The van der Waals surface area contributed by atoms with Gasteiger partial charge in [-0.05, 0) is 25.0 Å². The van der Waals surface area contributed by atoms with Crippen molar-refractivity contribution in [1.29, 1.82) is 0 Å². The van der Waals surface area contributed by atoms with Crippen LogP contribution in [0.2, 0.25) is 0 Å². The zero-order valence-electron chi connectivity index (χ0n) is 15.3. The van der Waals surface area contributed by atoms with Crippen LogP contribution in [0, 0.1) is 6.92 Å². The number of carbonyl (C=O) groups is 1. The van der Waals surface area contributed by atoms with Crippen LogP contribution in [0.5, 0.6) is 0 Å². The van der Waals surface area contributed by atoms with E-state index in [1.165, 1.54) is 17.5 Å². The number of aryl methyl sites for hydroxylation is 1. The molecule has 1 aliphatic rings. The number of anilines is 1. The molecule has 0 bridgehead atoms. The van der Waals surface area contributed by atoms with E-state index in [2.05, 4.69) is 10.1 Å². The highest BCUT2D eigenvalue weighted by Gasteiger charge is 2.24. The van der Waals surface area contributed by atoms with E-state index in [4.69, 9.17) is 14.2 Å². The zero-order valence-corrected chi connectivity index (χ0v) is 16.1. The number of rotatable bonds is 6. The molecule has 4 rings (SSSR count). The standard InChI is InChI=1S/C19H22N4O3S/c1-14-4-2-5-16-17(14)21-19(27-16)23(18(24)15-6-7-20-26-15)9-3-8-22-10-12-25-13-11-22/h2,4-7H,3,8-13H2,1H3. The monoisotopic (exact) mass is 386 g/mol. The van der Waals surface area contributed by atoms with Crippen LogP contribution in [-0.2, 0) is 4.74 Å². The molecule has 0 saturated carbocycles. The molecule has 142 valence electrons. The summed E-state index contributed by atoms with van der Waals surface area (Å²) < 4.78 is 11.6. The predicted molar refractivity (Wildman–Crippen MR) is 104 cm³/mol. The van der Waals surface area contributed by atoms with Gasteiger partial charge in [0.1, 0.15) is 0 Å². The number of nitrogens with zero attached hydrogens (tertiary/aromatic N) is 4. The number of hydrogen-bond donors (Lipinski definition) is 0. The van der Waals surface area contributed by atoms with Crippen molar-refractivity contribution in [2.24, 2.45) is 0 Å². The van der Waals surface area contributed by atoms with Gasteiger partial charge in [-0.1, -0.05) is 28.6 Å². The third-order valence-electron chi connectivity index (χ3n) is 4.69. The summed E-state index contributed by atoms with van der Waals surface area (Å²) in [6.45, 7) is 6.97. The Balaban J connectivity index is 1.55. The molecule has 1 aliphatic heterocycles. The van der Waals surface area contributed by atoms with E-state index >= 15 is 0 Å². The van der Waals surface area contributed by atoms with Gasteiger partial charge in [0, 0.05) is 32.2 Å². The molecule has 3 heterocycles. The molecule has 0 unspecified atom stereocenters. The van der Waals surface area contributed by atoms with Crippen LogP contribution >= 0.6 is 11.3 Å². The average molecular weight is 386 g/mol. The van der Waals surface area contributed by atoms with E-state index in [9.17, 15) is 4.79 Å². The summed E-state index contributed by atoms with van der Waals surface area (Å²) in [4.78, 5) is 21.8. The Morgan fingerprint density at radius 3 is 2.89 bits per heavy atom. The van der Waals surface area contributed by atoms with Gasteiger partial charge in [-0.3, -0.25) is 14.6 Å². The first kappa shape index (κ1) is 18.1. The largest absolute Gasteiger partial charge is 0.379 e. The number of thiazole rings is 1. The van der Waals surface area contributed by atoms with Gasteiger partial charge >= 0.3 is 0 Å². The summed E-state index contributed by atoms with van der Waals surface area (Å²) in [6.07, 6.45) is 2.34. The highest BCUT2D eigenvalue weighted by Crippen LogP contribution is 2.31. The lowest BCUT2D eigenvalue weighted by Gasteiger charge is -2.27. The number of amides is 1. The third-order valence-corrected chi connectivity index (χ3v) is 5.74. The maximum Gasteiger partial charge on any atom is 0.298 e. The molecule has 0 aliphatic carbocycles. The first-order chi connectivity index (χ1) is 13.2. The molecular weight excluding hydrogens is 364 g/mol. The van der Waals surface area contributed by atoms with Crippen LogP contribution in [0.3, 0.4) is 0 Å². The Morgan fingerprint density at radius 2 is 2.15 bits per heavy atom. The minimum absolute atomic E-state index is 0.203. The highest BCUT2D eigenvalue weighted by molar-refractivity contribution is 7.22.